The smallest absolute Gasteiger partial charge is 0.204 e. The first-order valence-corrected chi connectivity index (χ1v) is 4.91. The Kier molecular flexibility index (Phi) is 1.87. The van der Waals surface area contributed by atoms with Gasteiger partial charge in [-0.05, 0) is 35.9 Å². The second kappa shape index (κ2) is 3.24. The highest BCUT2D eigenvalue weighted by Crippen LogP contribution is 2.24. The highest BCUT2D eigenvalue weighted by Gasteiger charge is 2.11. The molecule has 6 heteroatoms. The van der Waals surface area contributed by atoms with Gasteiger partial charge in [0.25, 0.3) is 0 Å². The highest BCUT2D eigenvalue weighted by molar-refractivity contribution is 6.28. The molecular weight excluding hydrogens is 230 g/mol. The summed E-state index contributed by atoms with van der Waals surface area (Å²) in [6, 6.07) is 6.53. The zero-order valence-electron chi connectivity index (χ0n) is 7.96. The zero-order chi connectivity index (χ0) is 11.1. The van der Waals surface area contributed by atoms with E-state index in [2.05, 4.69) is 10.2 Å². The van der Waals surface area contributed by atoms with E-state index >= 15 is 0 Å². The molecule has 3 aromatic rings. The van der Waals surface area contributed by atoms with Crippen molar-refractivity contribution in [1.29, 1.82) is 0 Å². The van der Waals surface area contributed by atoms with Gasteiger partial charge in [-0.2, -0.15) is 0 Å². The molecule has 0 aromatic carbocycles. The molecule has 5 nitrogen and oxygen atoms in total. The van der Waals surface area contributed by atoms with Crippen LogP contribution >= 0.6 is 11.6 Å². The predicted molar refractivity (Wildman–Crippen MR) is 57.4 cm³/mol. The van der Waals surface area contributed by atoms with Gasteiger partial charge in [0.15, 0.2) is 16.6 Å². The van der Waals surface area contributed by atoms with Crippen molar-refractivity contribution in [1.82, 2.24) is 14.6 Å². The van der Waals surface area contributed by atoms with E-state index in [1.165, 1.54) is 6.20 Å². The lowest BCUT2D eigenvalue weighted by molar-refractivity contribution is 0.472. The van der Waals surface area contributed by atoms with Crippen LogP contribution < -0.4 is 0 Å². The first kappa shape index (κ1) is 9.23. The van der Waals surface area contributed by atoms with Crippen LogP contribution in [0.15, 0.2) is 34.9 Å². The van der Waals surface area contributed by atoms with Crippen molar-refractivity contribution in [3.8, 4) is 17.3 Å². The molecule has 1 N–H and O–H groups in total. The molecule has 3 aromatic heterocycles. The number of pyridine rings is 1. The van der Waals surface area contributed by atoms with Crippen molar-refractivity contribution < 1.29 is 9.52 Å². The third kappa shape index (κ3) is 1.33. The number of hydrogen-bond acceptors (Lipinski definition) is 4. The number of nitrogens with zero attached hydrogens (tertiary/aromatic N) is 3. The maximum Gasteiger partial charge on any atom is 0.204 e. The molecule has 3 rings (SSSR count). The number of furan rings is 1. The number of hydrogen-bond donors (Lipinski definition) is 1. The first-order chi connectivity index (χ1) is 7.74. The Morgan fingerprint density at radius 1 is 1.19 bits per heavy atom. The quantitative estimate of drug-likeness (QED) is 0.703. The molecular formula is C10H6ClN3O2. The maximum atomic E-state index is 9.39. The molecule has 0 atom stereocenters. The summed E-state index contributed by atoms with van der Waals surface area (Å²) in [4.78, 5) is 0. The van der Waals surface area contributed by atoms with Crippen molar-refractivity contribution in [3.05, 3.63) is 35.7 Å². The van der Waals surface area contributed by atoms with Gasteiger partial charge in [-0.3, -0.25) is 4.40 Å². The second-order valence-electron chi connectivity index (χ2n) is 3.24. The summed E-state index contributed by atoms with van der Waals surface area (Å²) < 4.78 is 6.87. The van der Waals surface area contributed by atoms with E-state index in [1.54, 1.807) is 28.7 Å². The zero-order valence-corrected chi connectivity index (χ0v) is 8.72. The van der Waals surface area contributed by atoms with Gasteiger partial charge in [0.05, 0.1) is 6.20 Å². The largest absolute Gasteiger partial charge is 0.506 e. The van der Waals surface area contributed by atoms with E-state index < -0.39 is 0 Å². The van der Waals surface area contributed by atoms with Crippen molar-refractivity contribution in [2.75, 3.05) is 0 Å². The van der Waals surface area contributed by atoms with Crippen LogP contribution in [0.1, 0.15) is 0 Å². The van der Waals surface area contributed by atoms with E-state index in [0.717, 1.165) is 0 Å². The molecule has 16 heavy (non-hydrogen) atoms. The molecule has 0 unspecified atom stereocenters. The topological polar surface area (TPSA) is 63.6 Å². The Bertz CT molecular complexity index is 659. The lowest BCUT2D eigenvalue weighted by Crippen LogP contribution is -1.87. The van der Waals surface area contributed by atoms with Gasteiger partial charge in [-0.1, -0.05) is 0 Å². The van der Waals surface area contributed by atoms with Gasteiger partial charge < -0.3 is 9.52 Å². The van der Waals surface area contributed by atoms with Gasteiger partial charge in [-0.25, -0.2) is 0 Å². The number of halogens is 1. The first-order valence-electron chi connectivity index (χ1n) is 4.53. The summed E-state index contributed by atoms with van der Waals surface area (Å²) in [7, 11) is 0. The van der Waals surface area contributed by atoms with Gasteiger partial charge in [0.1, 0.15) is 5.75 Å². The third-order valence-electron chi connectivity index (χ3n) is 2.18. The molecule has 0 amide bonds. The lowest BCUT2D eigenvalue weighted by Gasteiger charge is -1.96. The van der Waals surface area contributed by atoms with E-state index in [0.29, 0.717) is 17.2 Å². The van der Waals surface area contributed by atoms with Gasteiger partial charge in [-0.15, -0.1) is 10.2 Å². The van der Waals surface area contributed by atoms with Crippen LogP contribution in [-0.2, 0) is 0 Å². The van der Waals surface area contributed by atoms with Gasteiger partial charge >= 0.3 is 0 Å². The van der Waals surface area contributed by atoms with E-state index in [9.17, 15) is 5.11 Å². The number of rotatable bonds is 1. The molecule has 0 spiro atoms. The average Bonchev–Trinajstić information content (AvgIpc) is 2.83. The summed E-state index contributed by atoms with van der Waals surface area (Å²) >= 11 is 5.69. The van der Waals surface area contributed by atoms with Crippen LogP contribution in [-0.4, -0.2) is 19.7 Å². The molecule has 0 saturated carbocycles. The lowest BCUT2D eigenvalue weighted by atomic mass is 10.4. The summed E-state index contributed by atoms with van der Waals surface area (Å²) in [6.07, 6.45) is 1.51. The van der Waals surface area contributed by atoms with Crippen molar-refractivity contribution >= 4 is 17.2 Å². The van der Waals surface area contributed by atoms with Gasteiger partial charge in [0, 0.05) is 0 Å². The number of aromatic nitrogens is 3. The second-order valence-corrected chi connectivity index (χ2v) is 3.62. The Morgan fingerprint density at radius 2 is 2.06 bits per heavy atom. The summed E-state index contributed by atoms with van der Waals surface area (Å²) in [6.45, 7) is 0. The Labute approximate surface area is 94.9 Å². The summed E-state index contributed by atoms with van der Waals surface area (Å²) in [5.41, 5.74) is 0.625. The number of aromatic hydroxyl groups is 1. The predicted octanol–water partition coefficient (Wildman–Crippen LogP) is 2.35. The maximum absolute atomic E-state index is 9.39. The number of fused-ring (bicyclic) bond motifs is 1. The van der Waals surface area contributed by atoms with Crippen molar-refractivity contribution in [2.24, 2.45) is 0 Å². The third-order valence-corrected chi connectivity index (χ3v) is 2.38. The molecule has 80 valence electrons. The Balaban J connectivity index is 2.27. The fourth-order valence-electron chi connectivity index (χ4n) is 1.48. The standard InChI is InChI=1S/C10H6ClN3O2/c11-8-3-2-7(16-8)10-13-12-9-4-1-6(15)5-14(9)10/h1-5,15H. The Hall–Kier alpha value is -2.01. The van der Waals surface area contributed by atoms with Crippen LogP contribution in [0.2, 0.25) is 5.22 Å². The molecule has 0 saturated heterocycles. The summed E-state index contributed by atoms with van der Waals surface area (Å²) in [5.74, 6) is 1.13. The van der Waals surface area contributed by atoms with Crippen LogP contribution in [0.5, 0.6) is 5.75 Å². The summed E-state index contributed by atoms with van der Waals surface area (Å²) in [5, 5.41) is 17.6. The minimum atomic E-state index is 0.131. The molecule has 0 aliphatic heterocycles. The molecule has 0 aliphatic rings. The molecule has 0 fully saturated rings. The normalized spacial score (nSPS) is 11.1. The van der Waals surface area contributed by atoms with Crippen LogP contribution in [0.4, 0.5) is 0 Å². The molecule has 0 radical (unpaired) electrons. The minimum Gasteiger partial charge on any atom is -0.506 e. The SMILES string of the molecule is Oc1ccc2nnc(-c3ccc(Cl)o3)n2c1. The van der Waals surface area contributed by atoms with Crippen LogP contribution in [0.25, 0.3) is 17.2 Å². The van der Waals surface area contributed by atoms with Crippen molar-refractivity contribution in [3.63, 3.8) is 0 Å². The van der Waals surface area contributed by atoms with Crippen LogP contribution in [0, 0.1) is 0 Å². The van der Waals surface area contributed by atoms with Crippen molar-refractivity contribution in [2.45, 2.75) is 0 Å². The molecule has 0 aliphatic carbocycles. The monoisotopic (exact) mass is 235 g/mol. The highest BCUT2D eigenvalue weighted by atomic mass is 35.5. The molecule has 3 heterocycles. The fourth-order valence-corrected chi connectivity index (χ4v) is 1.63. The average molecular weight is 236 g/mol. The Morgan fingerprint density at radius 3 is 2.81 bits per heavy atom. The van der Waals surface area contributed by atoms with E-state index in [-0.39, 0.29) is 11.0 Å². The minimum absolute atomic E-state index is 0.131. The van der Waals surface area contributed by atoms with Gasteiger partial charge in [0.2, 0.25) is 5.82 Å². The van der Waals surface area contributed by atoms with E-state index in [1.807, 2.05) is 0 Å². The van der Waals surface area contributed by atoms with E-state index in [4.69, 9.17) is 16.0 Å². The van der Waals surface area contributed by atoms with Crippen LogP contribution in [0.3, 0.4) is 0 Å². The fraction of sp³-hybridized carbons (Fsp3) is 0. The molecule has 0 bridgehead atoms.